The predicted octanol–water partition coefficient (Wildman–Crippen LogP) is 2.65. The molecule has 0 saturated carbocycles. The third-order valence-electron chi connectivity index (χ3n) is 5.25. The first-order chi connectivity index (χ1) is 15.4. The molecule has 32 heavy (non-hydrogen) atoms. The summed E-state index contributed by atoms with van der Waals surface area (Å²) in [5, 5.41) is 1.60. The van der Waals surface area contributed by atoms with Crippen molar-refractivity contribution in [2.24, 2.45) is 0 Å². The molecule has 2 bridgehead atoms. The number of hydroxylamine groups is 1. The van der Waals surface area contributed by atoms with Gasteiger partial charge < -0.3 is 14.2 Å². The van der Waals surface area contributed by atoms with Gasteiger partial charge in [0.1, 0.15) is 12.6 Å². The number of benzene rings is 2. The van der Waals surface area contributed by atoms with Gasteiger partial charge in [0.25, 0.3) is 0 Å². The van der Waals surface area contributed by atoms with Crippen molar-refractivity contribution in [3.63, 3.8) is 0 Å². The Morgan fingerprint density at radius 1 is 0.906 bits per heavy atom. The lowest BCUT2D eigenvalue weighted by atomic mass is 9.94. The Labute approximate surface area is 185 Å². The molecule has 2 aromatic carbocycles. The third kappa shape index (κ3) is 4.52. The number of piperidine rings is 1. The first-order valence-corrected chi connectivity index (χ1v) is 10.3. The summed E-state index contributed by atoms with van der Waals surface area (Å²) in [6.45, 7) is 2.78. The summed E-state index contributed by atoms with van der Waals surface area (Å²) >= 11 is 0. The molecule has 2 aromatic rings. The average Bonchev–Trinajstić information content (AvgIpc) is 2.79. The molecule has 0 N–H and O–H groups in total. The molecule has 3 fully saturated rings. The van der Waals surface area contributed by atoms with Gasteiger partial charge in [0, 0.05) is 13.8 Å². The van der Waals surface area contributed by atoms with E-state index in [1.807, 2.05) is 60.7 Å². The lowest BCUT2D eigenvalue weighted by Gasteiger charge is -2.55. The molecule has 0 aliphatic carbocycles. The van der Waals surface area contributed by atoms with Gasteiger partial charge in [-0.1, -0.05) is 48.5 Å². The second-order valence-electron chi connectivity index (χ2n) is 7.57. The number of rotatable bonds is 5. The Morgan fingerprint density at radius 3 is 2.12 bits per heavy atom. The monoisotopic (exact) mass is 440 g/mol. The van der Waals surface area contributed by atoms with Crippen molar-refractivity contribution in [1.82, 2.24) is 4.90 Å². The van der Waals surface area contributed by atoms with Gasteiger partial charge in [-0.3, -0.25) is 14.5 Å². The van der Waals surface area contributed by atoms with Crippen LogP contribution in [-0.4, -0.2) is 54.0 Å². The molecule has 1 amide bonds. The van der Waals surface area contributed by atoms with Crippen molar-refractivity contribution in [1.29, 1.82) is 0 Å². The number of anilines is 1. The van der Waals surface area contributed by atoms with Crippen molar-refractivity contribution >= 4 is 23.7 Å². The number of hydrogen-bond acceptors (Lipinski definition) is 8. The van der Waals surface area contributed by atoms with Crippen molar-refractivity contribution in [2.45, 2.75) is 44.9 Å². The number of ether oxygens (including phenoxy) is 3. The molecule has 3 saturated heterocycles. The fraction of sp³-hybridized carbons (Fsp3) is 0.348. The van der Waals surface area contributed by atoms with Crippen LogP contribution in [0, 0.1) is 0 Å². The second-order valence-corrected chi connectivity index (χ2v) is 7.57. The minimum absolute atomic E-state index is 0.0849. The molecule has 168 valence electrons. The molecule has 5 rings (SSSR count). The van der Waals surface area contributed by atoms with E-state index in [4.69, 9.17) is 19.0 Å². The number of carbonyl (C=O) groups excluding carboxylic acids is 3. The van der Waals surface area contributed by atoms with E-state index in [0.717, 1.165) is 11.3 Å². The van der Waals surface area contributed by atoms with Crippen molar-refractivity contribution in [3.8, 4) is 0 Å². The van der Waals surface area contributed by atoms with E-state index in [1.54, 1.807) is 5.06 Å². The number of nitrogens with zero attached hydrogens (tertiary/aromatic N) is 2. The minimum atomic E-state index is -1.03. The molecular formula is C23H24N2O7. The lowest BCUT2D eigenvalue weighted by Crippen LogP contribution is -2.75. The molecule has 0 spiro atoms. The van der Waals surface area contributed by atoms with Crippen LogP contribution in [0.5, 0.6) is 0 Å². The van der Waals surface area contributed by atoms with Crippen LogP contribution in [0.4, 0.5) is 10.5 Å². The zero-order valence-corrected chi connectivity index (χ0v) is 17.7. The van der Waals surface area contributed by atoms with Crippen LogP contribution in [0.3, 0.4) is 0 Å². The SMILES string of the molecule is CC(=O)O[C@@H]1[C@H](OC(C)=O)[C@H]2ON(c3ccccc3)[C@@H]1CN2C(=O)OCc1ccccc1. The van der Waals surface area contributed by atoms with Gasteiger partial charge in [0.2, 0.25) is 6.23 Å². The summed E-state index contributed by atoms with van der Waals surface area (Å²) in [5.74, 6) is -1.10. The third-order valence-corrected chi connectivity index (χ3v) is 5.25. The summed E-state index contributed by atoms with van der Waals surface area (Å²) in [4.78, 5) is 44.0. The Morgan fingerprint density at radius 2 is 1.50 bits per heavy atom. The Hall–Kier alpha value is -3.59. The van der Waals surface area contributed by atoms with E-state index in [9.17, 15) is 14.4 Å². The van der Waals surface area contributed by atoms with E-state index < -0.39 is 42.5 Å². The van der Waals surface area contributed by atoms with Crippen molar-refractivity contribution < 1.29 is 33.4 Å². The number of amides is 1. The summed E-state index contributed by atoms with van der Waals surface area (Å²) < 4.78 is 16.5. The fourth-order valence-electron chi connectivity index (χ4n) is 3.95. The van der Waals surface area contributed by atoms with Crippen LogP contribution in [-0.2, 0) is 35.2 Å². The summed E-state index contributed by atoms with van der Waals surface area (Å²) in [6.07, 6.45) is -3.47. The van der Waals surface area contributed by atoms with Gasteiger partial charge in [0.05, 0.1) is 12.2 Å². The maximum Gasteiger partial charge on any atom is 0.412 e. The van der Waals surface area contributed by atoms with Crippen LogP contribution < -0.4 is 5.06 Å². The van der Waals surface area contributed by atoms with Crippen molar-refractivity contribution in [3.05, 3.63) is 66.2 Å². The maximum absolute atomic E-state index is 12.9. The first kappa shape index (κ1) is 21.6. The Kier molecular flexibility index (Phi) is 6.27. The van der Waals surface area contributed by atoms with E-state index in [-0.39, 0.29) is 13.2 Å². The molecule has 9 heteroatoms. The molecular weight excluding hydrogens is 416 g/mol. The van der Waals surface area contributed by atoms with E-state index in [0.29, 0.717) is 0 Å². The van der Waals surface area contributed by atoms with E-state index >= 15 is 0 Å². The number of hydrogen-bond donors (Lipinski definition) is 0. The first-order valence-electron chi connectivity index (χ1n) is 10.3. The second kappa shape index (κ2) is 9.27. The van der Waals surface area contributed by atoms with E-state index in [1.165, 1.54) is 18.7 Å². The zero-order chi connectivity index (χ0) is 22.7. The Bertz CT molecular complexity index is 969. The van der Waals surface area contributed by atoms with Crippen LogP contribution in [0.25, 0.3) is 0 Å². The lowest BCUT2D eigenvalue weighted by molar-refractivity contribution is -0.253. The molecule has 0 unspecified atom stereocenters. The quantitative estimate of drug-likeness (QED) is 0.517. The van der Waals surface area contributed by atoms with Crippen molar-refractivity contribution in [2.75, 3.05) is 11.6 Å². The molecule has 3 aliphatic heterocycles. The van der Waals surface area contributed by atoms with Gasteiger partial charge in [-0.15, -0.1) is 0 Å². The normalized spacial score (nSPS) is 24.1. The predicted molar refractivity (Wildman–Crippen MR) is 112 cm³/mol. The molecule has 4 atom stereocenters. The number of fused-ring (bicyclic) bond motifs is 3. The van der Waals surface area contributed by atoms with Crippen LogP contribution in [0.2, 0.25) is 0 Å². The largest absolute Gasteiger partial charge is 0.456 e. The zero-order valence-electron chi connectivity index (χ0n) is 17.7. The van der Waals surface area contributed by atoms with Gasteiger partial charge >= 0.3 is 18.0 Å². The number of carbonyl (C=O) groups is 3. The summed E-state index contributed by atoms with van der Waals surface area (Å²) in [5.41, 5.74) is 1.56. The minimum Gasteiger partial charge on any atom is -0.456 e. The topological polar surface area (TPSA) is 94.6 Å². The summed E-state index contributed by atoms with van der Waals surface area (Å²) in [6, 6.07) is 17.9. The highest BCUT2D eigenvalue weighted by molar-refractivity contribution is 5.71. The molecule has 3 aliphatic rings. The number of esters is 2. The van der Waals surface area contributed by atoms with Crippen LogP contribution >= 0.6 is 0 Å². The Balaban J connectivity index is 1.60. The standard InChI is InChI=1S/C23H24N2O7/c1-15(26)30-20-19-13-24(23(28)29-14-17-9-5-3-6-10-17)22(21(20)31-16(2)27)32-25(19)18-11-7-4-8-12-18/h3-12,19-22H,13-14H2,1-2H3/t19-,20+,21+,22-/m1/s1. The van der Waals surface area contributed by atoms with Crippen LogP contribution in [0.1, 0.15) is 19.4 Å². The van der Waals surface area contributed by atoms with E-state index in [2.05, 4.69) is 0 Å². The molecule has 9 nitrogen and oxygen atoms in total. The van der Waals surface area contributed by atoms with Gasteiger partial charge in [-0.05, 0) is 17.7 Å². The van der Waals surface area contributed by atoms with Crippen LogP contribution in [0.15, 0.2) is 60.7 Å². The summed E-state index contributed by atoms with van der Waals surface area (Å²) in [7, 11) is 0. The van der Waals surface area contributed by atoms with Gasteiger partial charge in [-0.2, -0.15) is 0 Å². The molecule has 0 radical (unpaired) electrons. The number of para-hydroxylation sites is 1. The fourth-order valence-corrected chi connectivity index (χ4v) is 3.95. The smallest absolute Gasteiger partial charge is 0.412 e. The maximum atomic E-state index is 12.9. The highest BCUT2D eigenvalue weighted by atomic mass is 16.7. The molecule has 3 heterocycles. The van der Waals surface area contributed by atoms with Gasteiger partial charge in [0.15, 0.2) is 12.2 Å². The average molecular weight is 440 g/mol. The van der Waals surface area contributed by atoms with Gasteiger partial charge in [-0.25, -0.2) is 14.7 Å². The highest BCUT2D eigenvalue weighted by Crippen LogP contribution is 2.37. The highest BCUT2D eigenvalue weighted by Gasteiger charge is 2.58. The molecule has 0 aromatic heterocycles.